The minimum absolute atomic E-state index is 0.0539. The number of nitrogens with two attached hydrogens (primary N) is 2. The van der Waals surface area contributed by atoms with E-state index < -0.39 is 40.1 Å². The molecule has 3 nitrogen and oxygen atoms in total. The van der Waals surface area contributed by atoms with Gasteiger partial charge >= 0.3 is 12.4 Å². The first-order chi connectivity index (χ1) is 12.9. The summed E-state index contributed by atoms with van der Waals surface area (Å²) in [6.07, 6.45) is -9.14. The summed E-state index contributed by atoms with van der Waals surface area (Å²) in [6.45, 7) is 6.75. The zero-order valence-electron chi connectivity index (χ0n) is 16.3. The third kappa shape index (κ3) is 5.54. The fraction of sp³-hybridized carbons (Fsp3) is 0.333. The van der Waals surface area contributed by atoms with Crippen molar-refractivity contribution in [3.63, 3.8) is 0 Å². The van der Waals surface area contributed by atoms with Crippen LogP contribution in [0.5, 0.6) is 0 Å². The molecule has 11 heteroatoms. The van der Waals surface area contributed by atoms with E-state index in [1.807, 2.05) is 0 Å². The van der Waals surface area contributed by atoms with Crippen LogP contribution in [0.1, 0.15) is 11.1 Å². The molecule has 0 aliphatic rings. The van der Waals surface area contributed by atoms with Crippen LogP contribution in [0.25, 0.3) is 0 Å². The SMILES string of the molecule is C[Si](C)(O[Si](C)(C)c1cc(N)cc(C(F)(F)F)c1)c1cc(N)cc(C(F)(F)F)c1. The van der Waals surface area contributed by atoms with Gasteiger partial charge in [-0.15, -0.1) is 0 Å². The van der Waals surface area contributed by atoms with E-state index >= 15 is 0 Å². The van der Waals surface area contributed by atoms with Crippen molar-refractivity contribution >= 4 is 38.4 Å². The predicted octanol–water partition coefficient (Wildman–Crippen LogP) is 4.43. The number of nitrogen functional groups attached to an aromatic ring is 2. The van der Waals surface area contributed by atoms with Crippen LogP contribution in [0.4, 0.5) is 37.7 Å². The number of rotatable bonds is 4. The van der Waals surface area contributed by atoms with E-state index in [-0.39, 0.29) is 11.4 Å². The zero-order valence-corrected chi connectivity index (χ0v) is 18.3. The van der Waals surface area contributed by atoms with Gasteiger partial charge in [0.2, 0.25) is 16.6 Å². The molecule has 0 heterocycles. The number of benzene rings is 2. The lowest BCUT2D eigenvalue weighted by atomic mass is 10.2. The van der Waals surface area contributed by atoms with Crippen molar-refractivity contribution in [1.82, 2.24) is 0 Å². The quantitative estimate of drug-likeness (QED) is 0.410. The smallest absolute Gasteiger partial charge is 0.416 e. The molecule has 0 fully saturated rings. The van der Waals surface area contributed by atoms with Gasteiger partial charge in [-0.3, -0.25) is 0 Å². The Hall–Kier alpha value is -1.99. The Morgan fingerprint density at radius 1 is 0.621 bits per heavy atom. The molecule has 0 saturated heterocycles. The molecule has 0 aliphatic heterocycles. The van der Waals surface area contributed by atoms with Crippen molar-refractivity contribution < 1.29 is 30.5 Å². The van der Waals surface area contributed by atoms with Crippen LogP contribution in [-0.4, -0.2) is 16.6 Å². The highest BCUT2D eigenvalue weighted by atomic mass is 28.4. The first kappa shape index (κ1) is 23.3. The second-order valence-electron chi connectivity index (χ2n) is 7.81. The van der Waals surface area contributed by atoms with Crippen molar-refractivity contribution in [3.05, 3.63) is 47.5 Å². The normalized spacial score (nSPS) is 13.6. The molecule has 0 spiro atoms. The predicted molar refractivity (Wildman–Crippen MR) is 107 cm³/mol. The van der Waals surface area contributed by atoms with Crippen LogP contribution < -0.4 is 21.8 Å². The third-order valence-electron chi connectivity index (χ3n) is 4.47. The van der Waals surface area contributed by atoms with Crippen LogP contribution in [0, 0.1) is 0 Å². The summed E-state index contributed by atoms with van der Waals surface area (Å²) in [5.74, 6) is 0. The number of hydrogen-bond donors (Lipinski definition) is 2. The molecule has 4 N–H and O–H groups in total. The summed E-state index contributed by atoms with van der Waals surface area (Å²) < 4.78 is 85.2. The largest absolute Gasteiger partial charge is 0.449 e. The molecule has 0 saturated carbocycles. The van der Waals surface area contributed by atoms with Crippen molar-refractivity contribution in [2.45, 2.75) is 38.5 Å². The van der Waals surface area contributed by atoms with Gasteiger partial charge in [-0.1, -0.05) is 0 Å². The number of halogens is 6. The molecule has 0 amide bonds. The highest BCUT2D eigenvalue weighted by molar-refractivity contribution is 6.97. The summed E-state index contributed by atoms with van der Waals surface area (Å²) >= 11 is 0. The molecule has 2 aromatic carbocycles. The highest BCUT2D eigenvalue weighted by Gasteiger charge is 2.40. The lowest BCUT2D eigenvalue weighted by Gasteiger charge is -2.35. The Balaban J connectivity index is 2.47. The summed E-state index contributed by atoms with van der Waals surface area (Å²) in [7, 11) is -5.92. The first-order valence-corrected chi connectivity index (χ1v) is 14.4. The van der Waals surface area contributed by atoms with Crippen LogP contribution in [0.15, 0.2) is 36.4 Å². The van der Waals surface area contributed by atoms with Gasteiger partial charge in [0, 0.05) is 11.4 Å². The first-order valence-electron chi connectivity index (χ1n) is 8.58. The Kier molecular flexibility index (Phi) is 5.92. The van der Waals surface area contributed by atoms with Crippen molar-refractivity contribution in [2.24, 2.45) is 0 Å². The topological polar surface area (TPSA) is 61.3 Å². The van der Waals surface area contributed by atoms with Crippen molar-refractivity contribution in [3.8, 4) is 0 Å². The Labute approximate surface area is 166 Å². The highest BCUT2D eigenvalue weighted by Crippen LogP contribution is 2.32. The van der Waals surface area contributed by atoms with Gasteiger partial charge in [-0.25, -0.2) is 0 Å². The maximum Gasteiger partial charge on any atom is 0.416 e. The number of anilines is 2. The molecule has 0 unspecified atom stereocenters. The van der Waals surface area contributed by atoms with Gasteiger partial charge in [-0.05, 0) is 73.0 Å². The monoisotopic (exact) mass is 452 g/mol. The molecule has 0 radical (unpaired) electrons. The van der Waals surface area contributed by atoms with Gasteiger partial charge in [0.1, 0.15) is 0 Å². The standard InChI is InChI=1S/C18H22F6N2OSi2/c1-28(2,15-7-11(17(19,20)21)5-13(25)9-15)27-29(3,4)16-8-12(18(22,23)24)6-14(26)10-16/h5-10H,25-26H2,1-4H3. The lowest BCUT2D eigenvalue weighted by molar-refractivity contribution is -0.138. The fourth-order valence-corrected chi connectivity index (χ4v) is 11.2. The van der Waals surface area contributed by atoms with Crippen LogP contribution in [0.3, 0.4) is 0 Å². The van der Waals surface area contributed by atoms with Crippen molar-refractivity contribution in [1.29, 1.82) is 0 Å². The summed E-state index contributed by atoms with van der Waals surface area (Å²) in [5, 5.41) is 0.621. The molecule has 160 valence electrons. The van der Waals surface area contributed by atoms with Crippen LogP contribution in [0.2, 0.25) is 26.2 Å². The maximum atomic E-state index is 13.1. The van der Waals surface area contributed by atoms with Gasteiger partial charge in [-0.2, -0.15) is 26.3 Å². The van der Waals surface area contributed by atoms with E-state index in [1.165, 1.54) is 12.1 Å². The van der Waals surface area contributed by atoms with E-state index in [4.69, 9.17) is 15.6 Å². The van der Waals surface area contributed by atoms with Crippen molar-refractivity contribution in [2.75, 3.05) is 11.5 Å². The van der Waals surface area contributed by atoms with E-state index in [9.17, 15) is 26.3 Å². The minimum atomic E-state index is -4.57. The Morgan fingerprint density at radius 3 is 1.21 bits per heavy atom. The zero-order chi connectivity index (χ0) is 22.4. The minimum Gasteiger partial charge on any atom is -0.449 e. The Morgan fingerprint density at radius 2 is 0.931 bits per heavy atom. The van der Waals surface area contributed by atoms with Gasteiger partial charge in [0.15, 0.2) is 0 Å². The molecule has 2 aromatic rings. The molecule has 29 heavy (non-hydrogen) atoms. The number of hydrogen-bond acceptors (Lipinski definition) is 3. The van der Waals surface area contributed by atoms with E-state index in [2.05, 4.69) is 0 Å². The molecule has 0 aromatic heterocycles. The molecule has 0 atom stereocenters. The maximum absolute atomic E-state index is 13.1. The summed E-state index contributed by atoms with van der Waals surface area (Å²) in [6, 6.07) is 6.51. The second-order valence-corrected chi connectivity index (χ2v) is 15.8. The molecule has 0 bridgehead atoms. The average molecular weight is 453 g/mol. The van der Waals surface area contributed by atoms with E-state index in [0.29, 0.717) is 10.4 Å². The van der Waals surface area contributed by atoms with Gasteiger partial charge < -0.3 is 15.6 Å². The van der Waals surface area contributed by atoms with E-state index in [1.54, 1.807) is 26.2 Å². The third-order valence-corrected chi connectivity index (χ3v) is 11.9. The van der Waals surface area contributed by atoms with Crippen LogP contribution in [-0.2, 0) is 16.5 Å². The second kappa shape index (κ2) is 7.36. The number of alkyl halides is 6. The fourth-order valence-electron chi connectivity index (χ4n) is 3.08. The van der Waals surface area contributed by atoms with E-state index in [0.717, 1.165) is 24.3 Å². The van der Waals surface area contributed by atoms with Gasteiger partial charge in [0.25, 0.3) is 0 Å². The Bertz CT molecular complexity index is 837. The average Bonchev–Trinajstić information content (AvgIpc) is 2.51. The van der Waals surface area contributed by atoms with Gasteiger partial charge in [0.05, 0.1) is 11.1 Å². The summed E-state index contributed by atoms with van der Waals surface area (Å²) in [4.78, 5) is 0. The van der Waals surface area contributed by atoms with Crippen LogP contribution >= 0.6 is 0 Å². The molecular formula is C18H22F6N2OSi2. The lowest BCUT2D eigenvalue weighted by Crippen LogP contribution is -2.58. The molecule has 0 aliphatic carbocycles. The molecular weight excluding hydrogens is 430 g/mol. The molecule has 2 rings (SSSR count). The summed E-state index contributed by atoms with van der Waals surface area (Å²) in [5.41, 5.74) is 9.42.